The first-order valence-electron chi connectivity index (χ1n) is 6.50. The molecule has 20 heavy (non-hydrogen) atoms. The van der Waals surface area contributed by atoms with Gasteiger partial charge in [0, 0.05) is 11.5 Å². The third-order valence-electron chi connectivity index (χ3n) is 2.82. The lowest BCUT2D eigenvalue weighted by molar-refractivity contribution is -0.146. The second-order valence-corrected chi connectivity index (χ2v) is 4.29. The molecular weight excluding hydrogens is 256 g/mol. The minimum atomic E-state index is -0.667. The summed E-state index contributed by atoms with van der Waals surface area (Å²) >= 11 is 0. The Morgan fingerprint density at radius 2 is 2.00 bits per heavy atom. The largest absolute Gasteiger partial charge is 0.465 e. The van der Waals surface area contributed by atoms with Gasteiger partial charge >= 0.3 is 5.97 Å². The number of ether oxygens (including phenoxy) is 1. The maximum Gasteiger partial charge on any atom is 0.325 e. The highest BCUT2D eigenvalue weighted by Crippen LogP contribution is 2.06. The van der Waals surface area contributed by atoms with Gasteiger partial charge in [-0.1, -0.05) is 31.2 Å². The molecule has 0 saturated carbocycles. The minimum Gasteiger partial charge on any atom is -0.465 e. The summed E-state index contributed by atoms with van der Waals surface area (Å²) in [5.41, 5.74) is 5.73. The Morgan fingerprint density at radius 3 is 2.55 bits per heavy atom. The van der Waals surface area contributed by atoms with E-state index in [9.17, 15) is 9.59 Å². The molecule has 0 fully saturated rings. The number of hydrazine groups is 1. The van der Waals surface area contributed by atoms with E-state index in [1.165, 1.54) is 0 Å². The highest BCUT2D eigenvalue weighted by Gasteiger charge is 2.24. The lowest BCUT2D eigenvalue weighted by Crippen LogP contribution is -2.51. The summed E-state index contributed by atoms with van der Waals surface area (Å²) in [5, 5.41) is 0. The molecule has 1 aromatic rings. The van der Waals surface area contributed by atoms with E-state index < -0.39 is 12.0 Å². The van der Waals surface area contributed by atoms with Crippen molar-refractivity contribution in [2.45, 2.75) is 19.9 Å². The summed E-state index contributed by atoms with van der Waals surface area (Å²) in [6.45, 7) is 7.48. The number of carbonyl (C=O) groups excluding carboxylic acids is 2. The summed E-state index contributed by atoms with van der Waals surface area (Å²) < 4.78 is 4.96. The topological polar surface area (TPSA) is 67.4 Å². The van der Waals surface area contributed by atoms with Gasteiger partial charge in [-0.2, -0.15) is 0 Å². The van der Waals surface area contributed by atoms with E-state index in [1.807, 2.05) is 13.0 Å². The lowest BCUT2D eigenvalue weighted by Gasteiger charge is -2.21. The van der Waals surface area contributed by atoms with Gasteiger partial charge in [0.15, 0.2) is 0 Å². The molecule has 0 aromatic heterocycles. The van der Waals surface area contributed by atoms with Gasteiger partial charge in [0.25, 0.3) is 5.91 Å². The molecule has 0 unspecified atom stereocenters. The molecule has 0 saturated heterocycles. The first-order chi connectivity index (χ1) is 9.60. The molecule has 1 amide bonds. The molecule has 5 nitrogen and oxygen atoms in total. The Bertz CT molecular complexity index is 459. The van der Waals surface area contributed by atoms with Crippen LogP contribution in [0.1, 0.15) is 24.2 Å². The number of rotatable bonds is 7. The van der Waals surface area contributed by atoms with Crippen LogP contribution in [0.3, 0.4) is 0 Å². The third kappa shape index (κ3) is 4.51. The molecule has 0 aliphatic carbocycles. The number of hydrogen-bond acceptors (Lipinski definition) is 4. The molecule has 0 bridgehead atoms. The standard InChI is InChI=1S/C15H20N2O3/c1-4-11(3)13(15(19)20-5-2)16-17-14(18)12-9-7-6-8-10-12/h4,6-11,13,16H,1,5H2,2-3H3,(H,17,18)/t11-,13+/m0/s1. The number of carbonyl (C=O) groups is 2. The predicted molar refractivity (Wildman–Crippen MR) is 76.8 cm³/mol. The Kier molecular flexibility index (Phi) is 6.46. The smallest absolute Gasteiger partial charge is 0.325 e. The average Bonchev–Trinajstić information content (AvgIpc) is 2.48. The molecule has 0 aliphatic rings. The average molecular weight is 276 g/mol. The second-order valence-electron chi connectivity index (χ2n) is 4.29. The predicted octanol–water partition coefficient (Wildman–Crippen LogP) is 1.67. The van der Waals surface area contributed by atoms with Gasteiger partial charge in [0.1, 0.15) is 6.04 Å². The van der Waals surface area contributed by atoms with Crippen molar-refractivity contribution >= 4 is 11.9 Å². The van der Waals surface area contributed by atoms with Crippen molar-refractivity contribution in [1.82, 2.24) is 10.9 Å². The van der Waals surface area contributed by atoms with E-state index in [4.69, 9.17) is 4.74 Å². The van der Waals surface area contributed by atoms with E-state index in [2.05, 4.69) is 17.4 Å². The Balaban J connectivity index is 2.64. The van der Waals surface area contributed by atoms with Gasteiger partial charge in [-0.25, -0.2) is 5.43 Å². The molecule has 108 valence electrons. The maximum absolute atomic E-state index is 11.9. The molecule has 0 aliphatic heterocycles. The molecule has 0 radical (unpaired) electrons. The summed E-state index contributed by atoms with van der Waals surface area (Å²) in [6, 6.07) is 8.07. The highest BCUT2D eigenvalue weighted by atomic mass is 16.5. The van der Waals surface area contributed by atoms with E-state index in [0.717, 1.165) is 0 Å². The minimum absolute atomic E-state index is 0.176. The van der Waals surface area contributed by atoms with Crippen molar-refractivity contribution < 1.29 is 14.3 Å². The quantitative estimate of drug-likeness (QED) is 0.451. The maximum atomic E-state index is 11.9. The Morgan fingerprint density at radius 1 is 1.35 bits per heavy atom. The fraction of sp³-hybridized carbons (Fsp3) is 0.333. The zero-order valence-corrected chi connectivity index (χ0v) is 11.8. The molecule has 1 rings (SSSR count). The number of nitrogens with one attached hydrogen (secondary N) is 2. The Hall–Kier alpha value is -2.14. The van der Waals surface area contributed by atoms with Crippen LogP contribution in [0.2, 0.25) is 0 Å². The van der Waals surface area contributed by atoms with Crippen LogP contribution in [0.4, 0.5) is 0 Å². The van der Waals surface area contributed by atoms with E-state index in [0.29, 0.717) is 5.56 Å². The van der Waals surface area contributed by atoms with Gasteiger partial charge < -0.3 is 4.74 Å². The molecule has 0 heterocycles. The molecule has 5 heteroatoms. The van der Waals surface area contributed by atoms with Crippen molar-refractivity contribution in [1.29, 1.82) is 0 Å². The fourth-order valence-corrected chi connectivity index (χ4v) is 1.58. The Labute approximate surface area is 119 Å². The SMILES string of the molecule is C=C[C@H](C)[C@@H](NNC(=O)c1ccccc1)C(=O)OCC. The molecular formula is C15H20N2O3. The molecule has 0 spiro atoms. The fourth-order valence-electron chi connectivity index (χ4n) is 1.58. The molecule has 2 N–H and O–H groups in total. The van der Waals surface area contributed by atoms with Crippen molar-refractivity contribution in [2.24, 2.45) is 5.92 Å². The van der Waals surface area contributed by atoms with Gasteiger partial charge in [-0.15, -0.1) is 6.58 Å². The van der Waals surface area contributed by atoms with Crippen LogP contribution in [0.5, 0.6) is 0 Å². The first kappa shape index (κ1) is 15.9. The summed E-state index contributed by atoms with van der Waals surface area (Å²) in [4.78, 5) is 23.7. The summed E-state index contributed by atoms with van der Waals surface area (Å²) in [6.07, 6.45) is 1.63. The lowest BCUT2D eigenvalue weighted by atomic mass is 10.0. The summed E-state index contributed by atoms with van der Waals surface area (Å²) in [5.74, 6) is -0.908. The van der Waals surface area contributed by atoms with Crippen LogP contribution in [-0.2, 0) is 9.53 Å². The van der Waals surface area contributed by atoms with Crippen molar-refractivity contribution in [3.63, 3.8) is 0 Å². The summed E-state index contributed by atoms with van der Waals surface area (Å²) in [7, 11) is 0. The zero-order chi connectivity index (χ0) is 15.0. The van der Waals surface area contributed by atoms with Crippen LogP contribution < -0.4 is 10.9 Å². The van der Waals surface area contributed by atoms with Crippen molar-refractivity contribution in [2.75, 3.05) is 6.61 Å². The van der Waals surface area contributed by atoms with Crippen LogP contribution in [0.15, 0.2) is 43.0 Å². The van der Waals surface area contributed by atoms with Gasteiger partial charge in [-0.05, 0) is 19.1 Å². The van der Waals surface area contributed by atoms with Gasteiger partial charge in [0.05, 0.1) is 6.61 Å². The zero-order valence-electron chi connectivity index (χ0n) is 11.8. The van der Waals surface area contributed by atoms with Crippen LogP contribution >= 0.6 is 0 Å². The number of benzene rings is 1. The van der Waals surface area contributed by atoms with Crippen LogP contribution in [0, 0.1) is 5.92 Å². The van der Waals surface area contributed by atoms with Crippen LogP contribution in [0.25, 0.3) is 0 Å². The van der Waals surface area contributed by atoms with E-state index in [-0.39, 0.29) is 18.4 Å². The third-order valence-corrected chi connectivity index (χ3v) is 2.82. The number of hydrogen-bond donors (Lipinski definition) is 2. The number of amides is 1. The number of esters is 1. The monoisotopic (exact) mass is 276 g/mol. The van der Waals surface area contributed by atoms with E-state index >= 15 is 0 Å². The highest BCUT2D eigenvalue weighted by molar-refractivity contribution is 5.94. The van der Waals surface area contributed by atoms with Crippen LogP contribution in [-0.4, -0.2) is 24.5 Å². The van der Waals surface area contributed by atoms with Gasteiger partial charge in [0.2, 0.25) is 0 Å². The van der Waals surface area contributed by atoms with Crippen molar-refractivity contribution in [3.05, 3.63) is 48.6 Å². The molecule has 1 aromatic carbocycles. The normalized spacial score (nSPS) is 13.1. The van der Waals surface area contributed by atoms with Gasteiger partial charge in [-0.3, -0.25) is 15.0 Å². The van der Waals surface area contributed by atoms with Crippen molar-refractivity contribution in [3.8, 4) is 0 Å². The second kappa shape index (κ2) is 8.12. The first-order valence-corrected chi connectivity index (χ1v) is 6.50. The van der Waals surface area contributed by atoms with E-state index in [1.54, 1.807) is 37.3 Å². The molecule has 2 atom stereocenters.